The first kappa shape index (κ1) is 21.2. The molecule has 4 rings (SSSR count). The molecule has 0 fully saturated rings. The van der Waals surface area contributed by atoms with Crippen LogP contribution in [0.15, 0.2) is 54.6 Å². The number of nitriles is 1. The number of nitrogens with zero attached hydrogens (tertiary/aromatic N) is 2. The lowest BCUT2D eigenvalue weighted by Crippen LogP contribution is -2.33. The Bertz CT molecular complexity index is 1200. The Morgan fingerprint density at radius 1 is 1.12 bits per heavy atom. The number of carbonyl (C=O) groups excluding carboxylic acids is 2. The number of hydrogen-bond donors (Lipinski definition) is 0. The lowest BCUT2D eigenvalue weighted by atomic mass is 10.1. The highest BCUT2D eigenvalue weighted by Gasteiger charge is 2.24. The Balaban J connectivity index is 1.40. The fourth-order valence-electron chi connectivity index (χ4n) is 3.69. The van der Waals surface area contributed by atoms with Gasteiger partial charge in [0.2, 0.25) is 5.78 Å². The second-order valence-corrected chi connectivity index (χ2v) is 7.58. The van der Waals surface area contributed by atoms with Crippen LogP contribution in [0.2, 0.25) is 0 Å². The van der Waals surface area contributed by atoms with Crippen molar-refractivity contribution in [3.63, 3.8) is 0 Å². The molecule has 0 amide bonds. The van der Waals surface area contributed by atoms with Gasteiger partial charge in [-0.25, -0.2) is 4.79 Å². The molecule has 2 heterocycles. The normalized spacial score (nSPS) is 14.5. The molecule has 0 saturated heterocycles. The van der Waals surface area contributed by atoms with Gasteiger partial charge in [-0.05, 0) is 56.3 Å². The molecule has 0 bridgehead atoms. The number of aromatic nitrogens is 1. The van der Waals surface area contributed by atoms with Gasteiger partial charge in [-0.1, -0.05) is 12.1 Å². The average Bonchev–Trinajstić information content (AvgIpc) is 3.10. The first-order valence-electron chi connectivity index (χ1n) is 10.2. The van der Waals surface area contributed by atoms with E-state index in [-0.39, 0.29) is 24.1 Å². The maximum Gasteiger partial charge on any atom is 0.338 e. The first-order valence-corrected chi connectivity index (χ1v) is 10.2. The molecule has 1 unspecified atom stereocenters. The average molecular weight is 430 g/mol. The smallest absolute Gasteiger partial charge is 0.338 e. The maximum absolute atomic E-state index is 12.7. The zero-order chi connectivity index (χ0) is 22.7. The van der Waals surface area contributed by atoms with Crippen LogP contribution in [0.25, 0.3) is 0 Å². The molecular formula is C25H22N2O5. The summed E-state index contributed by atoms with van der Waals surface area (Å²) < 4.78 is 19.0. The number of ether oxygens (including phenoxy) is 3. The summed E-state index contributed by atoms with van der Waals surface area (Å²) in [5.41, 5.74) is 2.93. The second-order valence-electron chi connectivity index (χ2n) is 7.58. The van der Waals surface area contributed by atoms with Gasteiger partial charge in [0.05, 0.1) is 23.7 Å². The molecule has 1 aliphatic rings. The molecule has 1 atom stereocenters. The molecule has 32 heavy (non-hydrogen) atoms. The van der Waals surface area contributed by atoms with Crippen LogP contribution < -0.4 is 9.47 Å². The van der Waals surface area contributed by atoms with Crippen molar-refractivity contribution in [2.24, 2.45) is 0 Å². The SMILES string of the molecule is Cc1cc(C(=O)COC(=O)c2ccc(C#N)cc2)c(C)n1CC1COc2ccccc2O1. The molecule has 162 valence electrons. The third-order valence-corrected chi connectivity index (χ3v) is 5.41. The van der Waals surface area contributed by atoms with Crippen molar-refractivity contribution in [3.8, 4) is 17.6 Å². The van der Waals surface area contributed by atoms with Crippen LogP contribution in [-0.4, -0.2) is 35.6 Å². The van der Waals surface area contributed by atoms with Gasteiger partial charge in [0.15, 0.2) is 24.2 Å². The standard InChI is InChI=1S/C25H22N2O5/c1-16-11-21(22(28)15-31-25(29)19-9-7-18(12-26)8-10-19)17(2)27(16)13-20-14-30-23-5-3-4-6-24(23)32-20/h3-11,20H,13-15H2,1-2H3. The molecule has 0 aliphatic carbocycles. The number of esters is 1. The molecule has 0 N–H and O–H groups in total. The highest BCUT2D eigenvalue weighted by atomic mass is 16.6. The Morgan fingerprint density at radius 2 is 1.84 bits per heavy atom. The van der Waals surface area contributed by atoms with Crippen LogP contribution >= 0.6 is 0 Å². The molecule has 7 heteroatoms. The summed E-state index contributed by atoms with van der Waals surface area (Å²) in [4.78, 5) is 24.9. The van der Waals surface area contributed by atoms with E-state index in [1.165, 1.54) is 24.3 Å². The van der Waals surface area contributed by atoms with Crippen molar-refractivity contribution >= 4 is 11.8 Å². The predicted octanol–water partition coefficient (Wildman–Crippen LogP) is 3.86. The maximum atomic E-state index is 12.7. The van der Waals surface area contributed by atoms with E-state index in [4.69, 9.17) is 19.5 Å². The van der Waals surface area contributed by atoms with Crippen molar-refractivity contribution in [2.45, 2.75) is 26.5 Å². The van der Waals surface area contributed by atoms with Crippen LogP contribution in [0.5, 0.6) is 11.5 Å². The summed E-state index contributed by atoms with van der Waals surface area (Å²) in [6.07, 6.45) is -0.188. The van der Waals surface area contributed by atoms with Crippen molar-refractivity contribution < 1.29 is 23.8 Å². The van der Waals surface area contributed by atoms with Crippen molar-refractivity contribution in [2.75, 3.05) is 13.2 Å². The molecule has 1 aromatic heterocycles. The van der Waals surface area contributed by atoms with Gasteiger partial charge in [0.25, 0.3) is 0 Å². The minimum atomic E-state index is -0.608. The van der Waals surface area contributed by atoms with E-state index >= 15 is 0 Å². The molecule has 2 aromatic carbocycles. The van der Waals surface area contributed by atoms with E-state index in [1.54, 1.807) is 6.07 Å². The molecule has 0 radical (unpaired) electrons. The molecule has 0 spiro atoms. The zero-order valence-corrected chi connectivity index (χ0v) is 17.8. The monoisotopic (exact) mass is 430 g/mol. The predicted molar refractivity (Wildman–Crippen MR) is 116 cm³/mol. The van der Waals surface area contributed by atoms with Crippen LogP contribution in [0, 0.1) is 25.2 Å². The first-order chi connectivity index (χ1) is 15.5. The Hall–Kier alpha value is -4.05. The highest BCUT2D eigenvalue weighted by molar-refractivity contribution is 6.00. The molecule has 3 aromatic rings. The van der Waals surface area contributed by atoms with Gasteiger partial charge in [-0.15, -0.1) is 0 Å². The summed E-state index contributed by atoms with van der Waals surface area (Å²) in [6, 6.07) is 17.4. The Morgan fingerprint density at radius 3 is 2.56 bits per heavy atom. The van der Waals surface area contributed by atoms with Crippen molar-refractivity contribution in [1.29, 1.82) is 5.26 Å². The molecule has 0 saturated carbocycles. The number of aryl methyl sites for hydroxylation is 1. The fraction of sp³-hybridized carbons (Fsp3) is 0.240. The van der Waals surface area contributed by atoms with E-state index in [9.17, 15) is 9.59 Å². The van der Waals surface area contributed by atoms with Gasteiger partial charge in [-0.3, -0.25) is 4.79 Å². The highest BCUT2D eigenvalue weighted by Crippen LogP contribution is 2.31. The Kier molecular flexibility index (Phi) is 5.95. The number of fused-ring (bicyclic) bond motifs is 1. The largest absolute Gasteiger partial charge is 0.486 e. The van der Waals surface area contributed by atoms with E-state index < -0.39 is 5.97 Å². The topological polar surface area (TPSA) is 90.6 Å². The van der Waals surface area contributed by atoms with Gasteiger partial charge in [0, 0.05) is 17.0 Å². The summed E-state index contributed by atoms with van der Waals surface area (Å²) in [5.74, 6) is 0.544. The third-order valence-electron chi connectivity index (χ3n) is 5.41. The minimum absolute atomic E-state index is 0.188. The fourth-order valence-corrected chi connectivity index (χ4v) is 3.69. The van der Waals surface area contributed by atoms with E-state index in [2.05, 4.69) is 0 Å². The number of ketones is 1. The lowest BCUT2D eigenvalue weighted by Gasteiger charge is -2.27. The second kappa shape index (κ2) is 8.98. The number of carbonyl (C=O) groups is 2. The molecular weight excluding hydrogens is 408 g/mol. The summed E-state index contributed by atoms with van der Waals surface area (Å²) in [6.45, 7) is 4.37. The van der Waals surface area contributed by atoms with Gasteiger partial charge < -0.3 is 18.8 Å². The number of hydrogen-bond acceptors (Lipinski definition) is 6. The summed E-state index contributed by atoms with van der Waals surface area (Å²) >= 11 is 0. The van der Waals surface area contributed by atoms with Gasteiger partial charge in [0.1, 0.15) is 6.61 Å². The van der Waals surface area contributed by atoms with Crippen LogP contribution in [0.3, 0.4) is 0 Å². The van der Waals surface area contributed by atoms with E-state index in [0.29, 0.717) is 30.0 Å². The Labute approximate surface area is 185 Å². The molecule has 1 aliphatic heterocycles. The summed E-state index contributed by atoms with van der Waals surface area (Å²) in [5, 5.41) is 8.84. The number of Topliss-reactive ketones (excluding diaryl/α,β-unsaturated/α-hetero) is 1. The number of rotatable bonds is 6. The van der Waals surface area contributed by atoms with Crippen molar-refractivity contribution in [3.05, 3.63) is 82.7 Å². The van der Waals surface area contributed by atoms with Crippen LogP contribution in [0.4, 0.5) is 0 Å². The zero-order valence-electron chi connectivity index (χ0n) is 17.8. The quantitative estimate of drug-likeness (QED) is 0.436. The van der Waals surface area contributed by atoms with Crippen molar-refractivity contribution in [1.82, 2.24) is 4.57 Å². The number of para-hydroxylation sites is 2. The van der Waals surface area contributed by atoms with Crippen LogP contribution in [-0.2, 0) is 11.3 Å². The van der Waals surface area contributed by atoms with Crippen LogP contribution in [0.1, 0.15) is 37.7 Å². The minimum Gasteiger partial charge on any atom is -0.486 e. The van der Waals surface area contributed by atoms with Gasteiger partial charge in [-0.2, -0.15) is 5.26 Å². The lowest BCUT2D eigenvalue weighted by molar-refractivity contribution is 0.0474. The van der Waals surface area contributed by atoms with E-state index in [1.807, 2.05) is 48.7 Å². The van der Waals surface area contributed by atoms with E-state index in [0.717, 1.165) is 17.1 Å². The molecule has 7 nitrogen and oxygen atoms in total. The van der Waals surface area contributed by atoms with Gasteiger partial charge >= 0.3 is 5.97 Å². The summed E-state index contributed by atoms with van der Waals surface area (Å²) in [7, 11) is 0. The third kappa shape index (κ3) is 4.35. The number of benzene rings is 2.